The Kier molecular flexibility index (Phi) is 4.79. The third-order valence-electron chi connectivity index (χ3n) is 2.85. The Bertz CT molecular complexity index is 580. The van der Waals surface area contributed by atoms with Crippen molar-refractivity contribution in [2.75, 3.05) is 6.26 Å². The van der Waals surface area contributed by atoms with Gasteiger partial charge < -0.3 is 9.52 Å². The first-order valence-corrected chi connectivity index (χ1v) is 7.49. The number of carbonyl (C=O) groups is 1. The van der Waals surface area contributed by atoms with Crippen LogP contribution in [0.25, 0.3) is 11.5 Å². The molecule has 2 rings (SSSR count). The van der Waals surface area contributed by atoms with Crippen LogP contribution in [0.3, 0.4) is 0 Å². The van der Waals surface area contributed by atoms with Gasteiger partial charge in [0.15, 0.2) is 0 Å². The fourth-order valence-electron chi connectivity index (χ4n) is 1.85. The van der Waals surface area contributed by atoms with Gasteiger partial charge in [0.1, 0.15) is 0 Å². The van der Waals surface area contributed by atoms with Gasteiger partial charge in [-0.1, -0.05) is 6.92 Å². The zero-order chi connectivity index (χ0) is 14.5. The second kappa shape index (κ2) is 6.56. The molecule has 1 aromatic carbocycles. The van der Waals surface area contributed by atoms with Gasteiger partial charge in [-0.3, -0.25) is 4.79 Å². The van der Waals surface area contributed by atoms with Crippen molar-refractivity contribution in [1.82, 2.24) is 10.2 Å². The van der Waals surface area contributed by atoms with E-state index >= 15 is 0 Å². The molecule has 1 heterocycles. The fourth-order valence-corrected chi connectivity index (χ4v) is 2.26. The number of benzene rings is 1. The summed E-state index contributed by atoms with van der Waals surface area (Å²) >= 11 is 1.67. The Morgan fingerprint density at radius 2 is 2.05 bits per heavy atom. The number of aromatic nitrogens is 2. The summed E-state index contributed by atoms with van der Waals surface area (Å²) in [6.07, 6.45) is 2.59. The smallest absolute Gasteiger partial charge is 0.303 e. The standard InChI is InChI=1S/C14H16N2O3S/c1-9(8-13(17)18)7-12-15-16-14(19-12)10-3-5-11(20-2)6-4-10/h3-6,9H,7-8H2,1-2H3,(H,17,18). The molecule has 0 bridgehead atoms. The number of aliphatic carboxylic acids is 1. The largest absolute Gasteiger partial charge is 0.481 e. The van der Waals surface area contributed by atoms with Gasteiger partial charge in [-0.2, -0.15) is 0 Å². The number of hydrogen-bond acceptors (Lipinski definition) is 5. The molecule has 0 aliphatic rings. The average molecular weight is 292 g/mol. The molecule has 1 N–H and O–H groups in total. The molecule has 1 aromatic heterocycles. The van der Waals surface area contributed by atoms with Crippen molar-refractivity contribution in [1.29, 1.82) is 0 Å². The maximum Gasteiger partial charge on any atom is 0.303 e. The number of rotatable bonds is 6. The molecule has 20 heavy (non-hydrogen) atoms. The minimum atomic E-state index is -0.815. The van der Waals surface area contributed by atoms with Gasteiger partial charge in [0.25, 0.3) is 0 Å². The zero-order valence-corrected chi connectivity index (χ0v) is 12.2. The SMILES string of the molecule is CSc1ccc(-c2nnc(CC(C)CC(=O)O)o2)cc1. The van der Waals surface area contributed by atoms with Crippen molar-refractivity contribution in [3.8, 4) is 11.5 Å². The summed E-state index contributed by atoms with van der Waals surface area (Å²) in [6.45, 7) is 1.85. The van der Waals surface area contributed by atoms with E-state index in [-0.39, 0.29) is 12.3 Å². The normalized spacial score (nSPS) is 12.3. The van der Waals surface area contributed by atoms with E-state index in [0.717, 1.165) is 5.56 Å². The first kappa shape index (κ1) is 14.6. The molecule has 0 saturated carbocycles. The molecule has 6 heteroatoms. The third kappa shape index (κ3) is 3.84. The highest BCUT2D eigenvalue weighted by molar-refractivity contribution is 7.98. The predicted octanol–water partition coefficient (Wildman–Crippen LogP) is 3.11. The van der Waals surface area contributed by atoms with Gasteiger partial charge in [0.05, 0.1) is 0 Å². The molecule has 1 atom stereocenters. The number of carboxylic acids is 1. The third-order valence-corrected chi connectivity index (χ3v) is 3.59. The van der Waals surface area contributed by atoms with Crippen LogP contribution >= 0.6 is 11.8 Å². The van der Waals surface area contributed by atoms with E-state index in [1.165, 1.54) is 4.90 Å². The number of nitrogens with zero attached hydrogens (tertiary/aromatic N) is 2. The van der Waals surface area contributed by atoms with Crippen molar-refractivity contribution >= 4 is 17.7 Å². The minimum absolute atomic E-state index is 0.0281. The highest BCUT2D eigenvalue weighted by Gasteiger charge is 2.14. The molecule has 5 nitrogen and oxygen atoms in total. The summed E-state index contributed by atoms with van der Waals surface area (Å²) in [5.74, 6) is 0.0995. The van der Waals surface area contributed by atoms with Crippen molar-refractivity contribution in [2.45, 2.75) is 24.7 Å². The lowest BCUT2D eigenvalue weighted by atomic mass is 10.0. The van der Waals surface area contributed by atoms with Crippen LogP contribution in [0.2, 0.25) is 0 Å². The number of thioether (sulfide) groups is 1. The summed E-state index contributed by atoms with van der Waals surface area (Å²) in [7, 11) is 0. The second-order valence-electron chi connectivity index (χ2n) is 4.64. The van der Waals surface area contributed by atoms with Crippen molar-refractivity contribution < 1.29 is 14.3 Å². The highest BCUT2D eigenvalue weighted by Crippen LogP contribution is 2.22. The molecular weight excluding hydrogens is 276 g/mol. The van der Waals surface area contributed by atoms with Crippen LogP contribution in [0.15, 0.2) is 33.6 Å². The monoisotopic (exact) mass is 292 g/mol. The van der Waals surface area contributed by atoms with Crippen LogP contribution in [-0.4, -0.2) is 27.5 Å². The van der Waals surface area contributed by atoms with Gasteiger partial charge >= 0.3 is 5.97 Å². The highest BCUT2D eigenvalue weighted by atomic mass is 32.2. The molecule has 0 fully saturated rings. The first-order chi connectivity index (χ1) is 9.58. The second-order valence-corrected chi connectivity index (χ2v) is 5.52. The van der Waals surface area contributed by atoms with E-state index in [1.54, 1.807) is 11.8 Å². The Balaban J connectivity index is 2.06. The lowest BCUT2D eigenvalue weighted by Gasteiger charge is -2.03. The van der Waals surface area contributed by atoms with Crippen LogP contribution in [0, 0.1) is 5.92 Å². The van der Waals surface area contributed by atoms with Crippen LogP contribution in [0.4, 0.5) is 0 Å². The number of hydrogen-bond donors (Lipinski definition) is 1. The predicted molar refractivity (Wildman–Crippen MR) is 76.6 cm³/mol. The van der Waals surface area contributed by atoms with Crippen molar-refractivity contribution in [3.63, 3.8) is 0 Å². The Morgan fingerprint density at radius 3 is 2.65 bits per heavy atom. The van der Waals surface area contributed by atoms with Gasteiger partial charge in [-0.25, -0.2) is 0 Å². The van der Waals surface area contributed by atoms with E-state index in [4.69, 9.17) is 9.52 Å². The fraction of sp³-hybridized carbons (Fsp3) is 0.357. The maximum absolute atomic E-state index is 10.6. The van der Waals surface area contributed by atoms with Crippen molar-refractivity contribution in [3.05, 3.63) is 30.2 Å². The van der Waals surface area contributed by atoms with Crippen LogP contribution in [0.5, 0.6) is 0 Å². The molecule has 2 aromatic rings. The summed E-state index contributed by atoms with van der Waals surface area (Å²) < 4.78 is 5.57. The Hall–Kier alpha value is -1.82. The summed E-state index contributed by atoms with van der Waals surface area (Å²) in [4.78, 5) is 11.8. The average Bonchev–Trinajstić information content (AvgIpc) is 2.86. The number of carboxylic acid groups (broad SMARTS) is 1. The van der Waals surface area contributed by atoms with Gasteiger partial charge in [0, 0.05) is 23.3 Å². The minimum Gasteiger partial charge on any atom is -0.481 e. The molecule has 0 spiro atoms. The molecular formula is C14H16N2O3S. The molecule has 0 aliphatic carbocycles. The van der Waals surface area contributed by atoms with Gasteiger partial charge in [0.2, 0.25) is 11.8 Å². The maximum atomic E-state index is 10.6. The summed E-state index contributed by atoms with van der Waals surface area (Å²) in [5.41, 5.74) is 0.868. The van der Waals surface area contributed by atoms with Crippen LogP contribution < -0.4 is 0 Å². The molecule has 0 radical (unpaired) electrons. The molecule has 1 unspecified atom stereocenters. The van der Waals surface area contributed by atoms with E-state index in [2.05, 4.69) is 10.2 Å². The Morgan fingerprint density at radius 1 is 1.35 bits per heavy atom. The van der Waals surface area contributed by atoms with Gasteiger partial charge in [-0.05, 0) is 36.4 Å². The first-order valence-electron chi connectivity index (χ1n) is 6.27. The molecule has 0 saturated heterocycles. The molecule has 0 aliphatic heterocycles. The summed E-state index contributed by atoms with van der Waals surface area (Å²) in [6, 6.07) is 7.86. The lowest BCUT2D eigenvalue weighted by molar-refractivity contribution is -0.137. The van der Waals surface area contributed by atoms with E-state index in [9.17, 15) is 4.79 Å². The summed E-state index contributed by atoms with van der Waals surface area (Å²) in [5, 5.41) is 16.7. The van der Waals surface area contributed by atoms with Crippen molar-refractivity contribution in [2.24, 2.45) is 5.92 Å². The molecule has 0 amide bonds. The lowest BCUT2D eigenvalue weighted by Crippen LogP contribution is -2.07. The molecule has 106 valence electrons. The zero-order valence-electron chi connectivity index (χ0n) is 11.4. The van der Waals surface area contributed by atoms with Crippen LogP contribution in [0.1, 0.15) is 19.2 Å². The van der Waals surface area contributed by atoms with Crippen LogP contribution in [-0.2, 0) is 11.2 Å². The Labute approximate surface area is 121 Å². The van der Waals surface area contributed by atoms with Gasteiger partial charge in [-0.15, -0.1) is 22.0 Å². The topological polar surface area (TPSA) is 76.2 Å². The van der Waals surface area contributed by atoms with E-state index in [0.29, 0.717) is 18.2 Å². The quantitative estimate of drug-likeness (QED) is 0.824. The van der Waals surface area contributed by atoms with E-state index in [1.807, 2.05) is 37.4 Å². The van der Waals surface area contributed by atoms with E-state index < -0.39 is 5.97 Å².